The third-order valence-electron chi connectivity index (χ3n) is 13.2. The summed E-state index contributed by atoms with van der Waals surface area (Å²) in [6, 6.07) is 50.9. The van der Waals surface area contributed by atoms with Crippen molar-refractivity contribution >= 4 is 19.2 Å². The van der Waals surface area contributed by atoms with Gasteiger partial charge in [-0.05, 0) is 67.8 Å². The van der Waals surface area contributed by atoms with E-state index in [1.54, 1.807) is 0 Å². The molecule has 0 spiro atoms. The Bertz CT molecular complexity index is 2000. The second-order valence-corrected chi connectivity index (χ2v) is 19.8. The number of hydrogen-bond donors (Lipinski definition) is 0. The fourth-order valence-corrected chi connectivity index (χ4v) is 18.5. The van der Waals surface area contributed by atoms with Crippen molar-refractivity contribution in [1.29, 1.82) is 0 Å². The third-order valence-corrected chi connectivity index (χ3v) is 18.9. The second-order valence-electron chi connectivity index (χ2n) is 15.0. The van der Waals surface area contributed by atoms with Crippen LogP contribution in [-0.4, -0.2) is 8.07 Å². The summed E-state index contributed by atoms with van der Waals surface area (Å²) >= 11 is 0. The minimum Gasteiger partial charge on any atom is -0.365 e. The fraction of sp³-hybridized carbons (Fsp3) is 0.227. The highest BCUT2D eigenvalue weighted by Gasteiger charge is 2.85. The first-order chi connectivity index (χ1) is 23.1. The standard InChI is InChI=1S/C44H36O2Si/c1-47(2)43(29-19-11-5-12-20-29)37(27-15-7-3-8-16-27)38(28-17-9-4-10-18-28)44(47,30-21-13-6-14-22-30)40-39(43)41-33-25-31-32(26-34(33)42(40)46-41)36-24-23-35(31)45-36/h3-26,35-36,39-42H,1-2H3/t35-,36+,39-,40+,41+,42-,43+,44-. The van der Waals surface area contributed by atoms with Gasteiger partial charge in [0.15, 0.2) is 0 Å². The van der Waals surface area contributed by atoms with Crippen LogP contribution in [0.4, 0.5) is 0 Å². The molecule has 0 unspecified atom stereocenters. The number of benzene rings is 5. The van der Waals surface area contributed by atoms with Crippen molar-refractivity contribution in [3.8, 4) is 0 Å². The molecule has 6 heterocycles. The third kappa shape index (κ3) is 2.90. The lowest BCUT2D eigenvalue weighted by molar-refractivity contribution is 0.0471. The molecule has 0 N–H and O–H groups in total. The predicted octanol–water partition coefficient (Wildman–Crippen LogP) is 10.0. The van der Waals surface area contributed by atoms with E-state index in [0.29, 0.717) is 11.8 Å². The van der Waals surface area contributed by atoms with Crippen molar-refractivity contribution in [3.63, 3.8) is 0 Å². The lowest BCUT2D eigenvalue weighted by Gasteiger charge is -2.47. The van der Waals surface area contributed by atoms with Crippen LogP contribution in [0.5, 0.6) is 0 Å². The molecule has 5 aromatic rings. The molecular formula is C44H36O2Si. The van der Waals surface area contributed by atoms with Crippen molar-refractivity contribution in [3.05, 3.63) is 190 Å². The van der Waals surface area contributed by atoms with Gasteiger partial charge in [-0.15, -0.1) is 0 Å². The molecule has 0 aromatic heterocycles. The summed E-state index contributed by atoms with van der Waals surface area (Å²) in [5.41, 5.74) is 14.2. The molecule has 0 saturated carbocycles. The van der Waals surface area contributed by atoms with E-state index in [4.69, 9.17) is 9.47 Å². The quantitative estimate of drug-likeness (QED) is 0.146. The fourth-order valence-electron chi connectivity index (χ4n) is 11.9. The maximum atomic E-state index is 7.45. The van der Waals surface area contributed by atoms with Gasteiger partial charge in [0, 0.05) is 21.9 Å². The summed E-state index contributed by atoms with van der Waals surface area (Å²) < 4.78 is 13.8. The van der Waals surface area contributed by atoms with Gasteiger partial charge < -0.3 is 9.47 Å². The second kappa shape index (κ2) is 8.99. The number of rotatable bonds is 4. The predicted molar refractivity (Wildman–Crippen MR) is 189 cm³/mol. The Balaban J connectivity index is 1.31. The Morgan fingerprint density at radius 1 is 0.468 bits per heavy atom. The van der Waals surface area contributed by atoms with Crippen molar-refractivity contribution in [2.45, 2.75) is 47.6 Å². The van der Waals surface area contributed by atoms with Crippen LogP contribution in [0, 0.1) is 11.8 Å². The van der Waals surface area contributed by atoms with Crippen LogP contribution in [0.3, 0.4) is 0 Å². The van der Waals surface area contributed by atoms with Crippen LogP contribution >= 0.6 is 0 Å². The number of hydrogen-bond acceptors (Lipinski definition) is 2. The number of ether oxygens (including phenoxy) is 2. The monoisotopic (exact) mass is 624 g/mol. The Labute approximate surface area is 277 Å². The molecule has 2 saturated heterocycles. The molecule has 228 valence electrons. The van der Waals surface area contributed by atoms with Crippen LogP contribution in [0.25, 0.3) is 11.1 Å². The molecule has 3 heteroatoms. The summed E-state index contributed by atoms with van der Waals surface area (Å²) in [4.78, 5) is 0. The van der Waals surface area contributed by atoms with Crippen LogP contribution in [-0.2, 0) is 19.6 Å². The SMILES string of the molecule is C[Si]1(C)[C@]2(c3ccccc3)C(c3ccccc3)=C(c3ccccc3)[C@@]1(c1ccccc1)[C@@H]1[C@H]2[C@@H]2O[C@H]1c1cc3c(cc12)[C@@H]1C=C[C@H]3O1. The largest absolute Gasteiger partial charge is 0.365 e. The van der Waals surface area contributed by atoms with E-state index < -0.39 is 8.07 Å². The first-order valence-corrected chi connectivity index (χ1v) is 20.2. The van der Waals surface area contributed by atoms with Gasteiger partial charge in [0.2, 0.25) is 0 Å². The molecule has 6 aliphatic rings. The van der Waals surface area contributed by atoms with Gasteiger partial charge in [-0.2, -0.15) is 0 Å². The molecule has 2 fully saturated rings. The van der Waals surface area contributed by atoms with Gasteiger partial charge >= 0.3 is 0 Å². The van der Waals surface area contributed by atoms with Crippen molar-refractivity contribution in [2.24, 2.45) is 11.8 Å². The number of allylic oxidation sites excluding steroid dienone is 2. The molecule has 6 aliphatic heterocycles. The summed E-state index contributed by atoms with van der Waals surface area (Å²) in [6.45, 7) is 5.46. The lowest BCUT2D eigenvalue weighted by atomic mass is 9.54. The van der Waals surface area contributed by atoms with E-state index in [1.165, 1.54) is 55.7 Å². The molecule has 47 heavy (non-hydrogen) atoms. The average Bonchev–Trinajstić information content (AvgIpc) is 3.96. The minimum absolute atomic E-state index is 0.0296. The van der Waals surface area contributed by atoms with Gasteiger partial charge in [-0.1, -0.05) is 147 Å². The van der Waals surface area contributed by atoms with Crippen molar-refractivity contribution in [1.82, 2.24) is 0 Å². The minimum atomic E-state index is -2.42. The van der Waals surface area contributed by atoms with Crippen LogP contribution in [0.2, 0.25) is 13.1 Å². The first kappa shape index (κ1) is 26.8. The molecule has 5 aromatic carbocycles. The van der Waals surface area contributed by atoms with E-state index in [1.807, 2.05) is 0 Å². The van der Waals surface area contributed by atoms with Crippen molar-refractivity contribution in [2.75, 3.05) is 0 Å². The van der Waals surface area contributed by atoms with Gasteiger partial charge in [-0.3, -0.25) is 0 Å². The normalized spacial score (nSPS) is 34.2. The highest BCUT2D eigenvalue weighted by Crippen LogP contribution is 2.85. The molecular weight excluding hydrogens is 589 g/mol. The summed E-state index contributed by atoms with van der Waals surface area (Å²) in [5.74, 6) is 0.611. The average molecular weight is 625 g/mol. The van der Waals surface area contributed by atoms with Gasteiger partial charge in [0.1, 0.15) is 12.2 Å². The van der Waals surface area contributed by atoms with Crippen LogP contribution in [0.1, 0.15) is 68.9 Å². The molecule has 2 nitrogen and oxygen atoms in total. The molecule has 0 amide bonds. The maximum absolute atomic E-state index is 7.45. The van der Waals surface area contributed by atoms with Gasteiger partial charge in [0.25, 0.3) is 0 Å². The molecule has 0 aliphatic carbocycles. The summed E-state index contributed by atoms with van der Waals surface area (Å²) in [5, 5.41) is -0.375. The Kier molecular flexibility index (Phi) is 5.12. The first-order valence-electron chi connectivity index (χ1n) is 17.2. The Hall–Kier alpha value is -4.28. The topological polar surface area (TPSA) is 18.5 Å². The lowest BCUT2D eigenvalue weighted by Crippen LogP contribution is -2.57. The van der Waals surface area contributed by atoms with E-state index >= 15 is 0 Å². The zero-order chi connectivity index (χ0) is 31.1. The van der Waals surface area contributed by atoms with Crippen molar-refractivity contribution < 1.29 is 9.47 Å². The van der Waals surface area contributed by atoms with E-state index in [2.05, 4.69) is 159 Å². The van der Waals surface area contributed by atoms with Gasteiger partial charge in [0.05, 0.1) is 20.3 Å². The van der Waals surface area contributed by atoms with E-state index in [9.17, 15) is 0 Å². The summed E-state index contributed by atoms with van der Waals surface area (Å²) in [7, 11) is -2.42. The van der Waals surface area contributed by atoms with Crippen LogP contribution in [0.15, 0.2) is 146 Å². The Morgan fingerprint density at radius 3 is 1.26 bits per heavy atom. The van der Waals surface area contributed by atoms with Crippen LogP contribution < -0.4 is 0 Å². The van der Waals surface area contributed by atoms with E-state index in [0.717, 1.165) is 0 Å². The zero-order valence-electron chi connectivity index (χ0n) is 26.6. The highest BCUT2D eigenvalue weighted by molar-refractivity contribution is 6.90. The summed E-state index contributed by atoms with van der Waals surface area (Å²) in [6.07, 6.45) is 4.68. The molecule has 8 atom stereocenters. The molecule has 11 rings (SSSR count). The zero-order valence-corrected chi connectivity index (χ0v) is 27.6. The molecule has 6 bridgehead atoms. The highest BCUT2D eigenvalue weighted by atomic mass is 28.3. The Morgan fingerprint density at radius 2 is 0.851 bits per heavy atom. The van der Waals surface area contributed by atoms with Gasteiger partial charge in [-0.25, -0.2) is 0 Å². The smallest absolute Gasteiger partial charge is 0.102 e. The number of fused-ring (bicyclic) bond motifs is 17. The van der Waals surface area contributed by atoms with E-state index in [-0.39, 0.29) is 34.5 Å². The molecule has 0 radical (unpaired) electrons. The maximum Gasteiger partial charge on any atom is 0.102 e.